The standard InChI is InChI=1S/C20H22F3N3O3S/c21-20(22,23)16-5-4-8-18(15-16)30(28,29)24-10-9-19(27)26-13-11-25(12-14-26)17-6-2-1-3-7-17/h1-8,15,24H,9-14H2. The fourth-order valence-corrected chi connectivity index (χ4v) is 4.30. The number of nitrogens with one attached hydrogen (secondary N) is 1. The van der Waals surface area contributed by atoms with Crippen LogP contribution in [0.2, 0.25) is 0 Å². The molecule has 2 aromatic rings. The van der Waals surface area contributed by atoms with Crippen LogP contribution in [-0.4, -0.2) is 51.9 Å². The molecule has 10 heteroatoms. The number of hydrogen-bond acceptors (Lipinski definition) is 4. The molecule has 30 heavy (non-hydrogen) atoms. The molecule has 0 aromatic heterocycles. The molecule has 0 radical (unpaired) electrons. The summed E-state index contributed by atoms with van der Waals surface area (Å²) in [6, 6.07) is 13.3. The number of hydrogen-bond donors (Lipinski definition) is 1. The number of piperazine rings is 1. The third-order valence-electron chi connectivity index (χ3n) is 4.86. The predicted molar refractivity (Wildman–Crippen MR) is 106 cm³/mol. The van der Waals surface area contributed by atoms with Crippen molar-refractivity contribution >= 4 is 21.6 Å². The largest absolute Gasteiger partial charge is 0.416 e. The van der Waals surface area contributed by atoms with Crippen LogP contribution in [-0.2, 0) is 21.0 Å². The summed E-state index contributed by atoms with van der Waals surface area (Å²) in [5.41, 5.74) is 0.0381. The SMILES string of the molecule is O=C(CCNS(=O)(=O)c1cccc(C(F)(F)F)c1)N1CCN(c2ccccc2)CC1. The van der Waals surface area contributed by atoms with Gasteiger partial charge in [-0.15, -0.1) is 0 Å². The number of halogens is 3. The van der Waals surface area contributed by atoms with Crippen molar-refractivity contribution in [1.29, 1.82) is 0 Å². The highest BCUT2D eigenvalue weighted by Gasteiger charge is 2.31. The fraction of sp³-hybridized carbons (Fsp3) is 0.350. The second kappa shape index (κ2) is 9.05. The van der Waals surface area contributed by atoms with Crippen molar-refractivity contribution in [3.63, 3.8) is 0 Å². The van der Waals surface area contributed by atoms with Gasteiger partial charge < -0.3 is 9.80 Å². The van der Waals surface area contributed by atoms with Gasteiger partial charge in [0.1, 0.15) is 0 Å². The van der Waals surface area contributed by atoms with Gasteiger partial charge in [0.05, 0.1) is 10.5 Å². The zero-order chi connectivity index (χ0) is 21.8. The number of benzene rings is 2. The zero-order valence-corrected chi connectivity index (χ0v) is 16.9. The third-order valence-corrected chi connectivity index (χ3v) is 6.32. The Bertz CT molecular complexity index is 974. The molecule has 0 atom stereocenters. The summed E-state index contributed by atoms with van der Waals surface area (Å²) in [6.45, 7) is 2.20. The molecule has 0 bridgehead atoms. The van der Waals surface area contributed by atoms with E-state index in [2.05, 4.69) is 9.62 Å². The average Bonchev–Trinajstić information content (AvgIpc) is 2.74. The van der Waals surface area contributed by atoms with Crippen LogP contribution in [0.25, 0.3) is 0 Å². The van der Waals surface area contributed by atoms with E-state index in [0.717, 1.165) is 23.9 Å². The number of alkyl halides is 3. The first kappa shape index (κ1) is 22.1. The van der Waals surface area contributed by atoms with Crippen molar-refractivity contribution in [3.05, 3.63) is 60.2 Å². The molecule has 2 aromatic carbocycles. The van der Waals surface area contributed by atoms with Gasteiger partial charge in [-0.1, -0.05) is 24.3 Å². The zero-order valence-electron chi connectivity index (χ0n) is 16.1. The maximum absolute atomic E-state index is 12.8. The van der Waals surface area contributed by atoms with Crippen LogP contribution in [0.15, 0.2) is 59.5 Å². The fourth-order valence-electron chi connectivity index (χ4n) is 3.23. The van der Waals surface area contributed by atoms with Crippen molar-refractivity contribution in [2.24, 2.45) is 0 Å². The van der Waals surface area contributed by atoms with Gasteiger partial charge in [-0.2, -0.15) is 13.2 Å². The Labute approximate surface area is 173 Å². The number of carbonyl (C=O) groups excluding carboxylic acids is 1. The summed E-state index contributed by atoms with van der Waals surface area (Å²) in [7, 11) is -4.14. The Kier molecular flexibility index (Phi) is 6.67. The Hall–Kier alpha value is -2.59. The normalized spacial score (nSPS) is 15.3. The monoisotopic (exact) mass is 441 g/mol. The van der Waals surface area contributed by atoms with E-state index in [1.54, 1.807) is 4.90 Å². The minimum atomic E-state index is -4.64. The van der Waals surface area contributed by atoms with E-state index >= 15 is 0 Å². The summed E-state index contributed by atoms with van der Waals surface area (Å²) in [6.07, 6.45) is -4.70. The number of para-hydroxylation sites is 1. The number of rotatable bonds is 6. The Morgan fingerprint density at radius 2 is 1.63 bits per heavy atom. The van der Waals surface area contributed by atoms with Crippen LogP contribution >= 0.6 is 0 Å². The highest BCUT2D eigenvalue weighted by molar-refractivity contribution is 7.89. The summed E-state index contributed by atoms with van der Waals surface area (Å²) in [5.74, 6) is -0.200. The second-order valence-electron chi connectivity index (χ2n) is 6.88. The molecule has 6 nitrogen and oxygen atoms in total. The molecule has 1 N–H and O–H groups in total. The van der Waals surface area contributed by atoms with Gasteiger partial charge in [0.2, 0.25) is 15.9 Å². The first-order valence-electron chi connectivity index (χ1n) is 9.41. The molecule has 3 rings (SSSR count). The molecule has 162 valence electrons. The smallest absolute Gasteiger partial charge is 0.368 e. The Balaban J connectivity index is 1.50. The number of sulfonamides is 1. The van der Waals surface area contributed by atoms with Crippen LogP contribution in [0.3, 0.4) is 0 Å². The van der Waals surface area contributed by atoms with Gasteiger partial charge in [-0.25, -0.2) is 13.1 Å². The van der Waals surface area contributed by atoms with Crippen LogP contribution in [0.5, 0.6) is 0 Å². The van der Waals surface area contributed by atoms with E-state index in [0.29, 0.717) is 32.2 Å². The molecule has 1 saturated heterocycles. The van der Waals surface area contributed by atoms with E-state index < -0.39 is 26.7 Å². The molecule has 0 aliphatic carbocycles. The number of anilines is 1. The summed E-state index contributed by atoms with van der Waals surface area (Å²) in [4.78, 5) is 15.7. The number of nitrogens with zero attached hydrogens (tertiary/aromatic N) is 2. The lowest BCUT2D eigenvalue weighted by molar-refractivity contribution is -0.137. The lowest BCUT2D eigenvalue weighted by atomic mass is 10.2. The highest BCUT2D eigenvalue weighted by Crippen LogP contribution is 2.30. The van der Waals surface area contributed by atoms with Crippen LogP contribution in [0.4, 0.5) is 18.9 Å². The Morgan fingerprint density at radius 1 is 0.967 bits per heavy atom. The van der Waals surface area contributed by atoms with Gasteiger partial charge in [-0.05, 0) is 30.3 Å². The van der Waals surface area contributed by atoms with E-state index in [9.17, 15) is 26.4 Å². The van der Waals surface area contributed by atoms with Gasteiger partial charge in [0, 0.05) is 44.8 Å². The van der Waals surface area contributed by atoms with Crippen molar-refractivity contribution in [3.8, 4) is 0 Å². The minimum Gasteiger partial charge on any atom is -0.368 e. The maximum Gasteiger partial charge on any atom is 0.416 e. The van der Waals surface area contributed by atoms with Gasteiger partial charge >= 0.3 is 6.18 Å². The van der Waals surface area contributed by atoms with Crippen molar-refractivity contribution in [2.45, 2.75) is 17.5 Å². The Morgan fingerprint density at radius 3 is 2.27 bits per heavy atom. The molecule has 0 unspecified atom stereocenters. The lowest BCUT2D eigenvalue weighted by Crippen LogP contribution is -2.49. The van der Waals surface area contributed by atoms with Crippen LogP contribution in [0, 0.1) is 0 Å². The molecule has 1 fully saturated rings. The maximum atomic E-state index is 12.8. The van der Waals surface area contributed by atoms with Gasteiger partial charge in [0.15, 0.2) is 0 Å². The quantitative estimate of drug-likeness (QED) is 0.749. The molecular formula is C20H22F3N3O3S. The second-order valence-corrected chi connectivity index (χ2v) is 8.64. The summed E-state index contributed by atoms with van der Waals surface area (Å²) >= 11 is 0. The summed E-state index contributed by atoms with van der Waals surface area (Å²) in [5, 5.41) is 0. The molecule has 0 saturated carbocycles. The molecule has 1 aliphatic rings. The predicted octanol–water partition coefficient (Wildman–Crippen LogP) is 2.72. The first-order valence-corrected chi connectivity index (χ1v) is 10.9. The minimum absolute atomic E-state index is 0.0659. The van der Waals surface area contributed by atoms with Crippen LogP contribution in [0.1, 0.15) is 12.0 Å². The average molecular weight is 441 g/mol. The molecule has 0 spiro atoms. The number of amides is 1. The molecular weight excluding hydrogens is 419 g/mol. The molecule has 1 aliphatic heterocycles. The van der Waals surface area contributed by atoms with Gasteiger partial charge in [0.25, 0.3) is 0 Å². The number of carbonyl (C=O) groups is 1. The van der Waals surface area contributed by atoms with E-state index in [1.807, 2.05) is 30.3 Å². The molecule has 1 amide bonds. The van der Waals surface area contributed by atoms with E-state index in [1.165, 1.54) is 0 Å². The third kappa shape index (κ3) is 5.51. The molecule has 1 heterocycles. The highest BCUT2D eigenvalue weighted by atomic mass is 32.2. The van der Waals surface area contributed by atoms with Crippen molar-refractivity contribution in [1.82, 2.24) is 9.62 Å². The first-order chi connectivity index (χ1) is 14.2. The van der Waals surface area contributed by atoms with E-state index in [4.69, 9.17) is 0 Å². The van der Waals surface area contributed by atoms with E-state index in [-0.39, 0.29) is 18.9 Å². The topological polar surface area (TPSA) is 69.7 Å². The lowest BCUT2D eigenvalue weighted by Gasteiger charge is -2.36. The van der Waals surface area contributed by atoms with Crippen molar-refractivity contribution in [2.75, 3.05) is 37.6 Å². The van der Waals surface area contributed by atoms with Crippen LogP contribution < -0.4 is 9.62 Å². The summed E-state index contributed by atoms with van der Waals surface area (Å²) < 4.78 is 65.1. The van der Waals surface area contributed by atoms with Crippen molar-refractivity contribution < 1.29 is 26.4 Å². The van der Waals surface area contributed by atoms with Gasteiger partial charge in [-0.3, -0.25) is 4.79 Å².